The Bertz CT molecular complexity index is 873. The van der Waals surface area contributed by atoms with Crippen LogP contribution in [0.15, 0.2) is 48.5 Å². The highest BCUT2D eigenvalue weighted by Crippen LogP contribution is 2.31. The SMILES string of the molecule is COc1ccc(-c2nc(NC(=O)Cc3ccc(F)cc3)sc2C)cc1. The molecule has 0 unspecified atom stereocenters. The summed E-state index contributed by atoms with van der Waals surface area (Å²) < 4.78 is 18.1. The molecule has 3 aromatic rings. The van der Waals surface area contributed by atoms with Crippen LogP contribution in [0.2, 0.25) is 0 Å². The molecule has 0 aliphatic carbocycles. The van der Waals surface area contributed by atoms with Crippen molar-refractivity contribution >= 4 is 22.4 Å². The first kappa shape index (κ1) is 17.1. The first-order valence-corrected chi connectivity index (χ1v) is 8.53. The van der Waals surface area contributed by atoms with Gasteiger partial charge in [0, 0.05) is 10.4 Å². The molecule has 6 heteroatoms. The van der Waals surface area contributed by atoms with Gasteiger partial charge in [-0.15, -0.1) is 11.3 Å². The number of aryl methyl sites for hydroxylation is 1. The predicted molar refractivity (Wildman–Crippen MR) is 97.6 cm³/mol. The summed E-state index contributed by atoms with van der Waals surface area (Å²) >= 11 is 1.43. The molecule has 0 bridgehead atoms. The molecular formula is C19H17FN2O2S. The maximum atomic E-state index is 12.9. The summed E-state index contributed by atoms with van der Waals surface area (Å²) in [6.45, 7) is 1.97. The van der Waals surface area contributed by atoms with E-state index in [1.165, 1.54) is 23.5 Å². The molecule has 0 radical (unpaired) electrons. The van der Waals surface area contributed by atoms with Crippen LogP contribution in [0.4, 0.5) is 9.52 Å². The lowest BCUT2D eigenvalue weighted by molar-refractivity contribution is -0.115. The van der Waals surface area contributed by atoms with E-state index in [0.29, 0.717) is 5.13 Å². The molecule has 4 nitrogen and oxygen atoms in total. The zero-order valence-corrected chi connectivity index (χ0v) is 14.7. The van der Waals surface area contributed by atoms with Crippen LogP contribution in [0, 0.1) is 12.7 Å². The van der Waals surface area contributed by atoms with Crippen LogP contribution in [-0.2, 0) is 11.2 Å². The third kappa shape index (κ3) is 4.22. The number of carbonyl (C=O) groups excluding carboxylic acids is 1. The number of carbonyl (C=O) groups is 1. The van der Waals surface area contributed by atoms with Gasteiger partial charge >= 0.3 is 0 Å². The second kappa shape index (κ2) is 7.44. The molecule has 25 heavy (non-hydrogen) atoms. The molecule has 1 aromatic heterocycles. The monoisotopic (exact) mass is 356 g/mol. The highest BCUT2D eigenvalue weighted by atomic mass is 32.1. The quantitative estimate of drug-likeness (QED) is 0.735. The average molecular weight is 356 g/mol. The van der Waals surface area contributed by atoms with Gasteiger partial charge in [0.2, 0.25) is 5.91 Å². The molecule has 0 saturated carbocycles. The predicted octanol–water partition coefficient (Wildman–Crippen LogP) is 4.45. The van der Waals surface area contributed by atoms with E-state index >= 15 is 0 Å². The minimum Gasteiger partial charge on any atom is -0.497 e. The van der Waals surface area contributed by atoms with Gasteiger partial charge in [0.05, 0.1) is 19.2 Å². The molecule has 1 N–H and O–H groups in total. The van der Waals surface area contributed by atoms with Gasteiger partial charge in [0.1, 0.15) is 11.6 Å². The van der Waals surface area contributed by atoms with Crippen LogP contribution >= 0.6 is 11.3 Å². The number of thiazole rings is 1. The van der Waals surface area contributed by atoms with E-state index in [1.807, 2.05) is 31.2 Å². The molecule has 128 valence electrons. The van der Waals surface area contributed by atoms with Gasteiger partial charge in [0.15, 0.2) is 5.13 Å². The van der Waals surface area contributed by atoms with Gasteiger partial charge in [-0.1, -0.05) is 12.1 Å². The third-order valence-electron chi connectivity index (χ3n) is 3.68. The Labute approximate surface area is 149 Å². The lowest BCUT2D eigenvalue weighted by atomic mass is 10.1. The lowest BCUT2D eigenvalue weighted by Crippen LogP contribution is -2.14. The molecule has 3 rings (SSSR count). The van der Waals surface area contributed by atoms with E-state index in [0.717, 1.165) is 27.4 Å². The van der Waals surface area contributed by atoms with Crippen LogP contribution in [0.25, 0.3) is 11.3 Å². The fourth-order valence-electron chi connectivity index (χ4n) is 2.42. The van der Waals surface area contributed by atoms with Crippen molar-refractivity contribution in [1.82, 2.24) is 4.98 Å². The molecule has 0 spiro atoms. The van der Waals surface area contributed by atoms with Crippen LogP contribution in [0.5, 0.6) is 5.75 Å². The summed E-state index contributed by atoms with van der Waals surface area (Å²) in [6, 6.07) is 13.5. The van der Waals surface area contributed by atoms with Crippen LogP contribution in [0.3, 0.4) is 0 Å². The lowest BCUT2D eigenvalue weighted by Gasteiger charge is -2.02. The van der Waals surface area contributed by atoms with Crippen molar-refractivity contribution in [2.45, 2.75) is 13.3 Å². The highest BCUT2D eigenvalue weighted by molar-refractivity contribution is 7.16. The van der Waals surface area contributed by atoms with Crippen LogP contribution in [-0.4, -0.2) is 18.0 Å². The number of halogens is 1. The number of aromatic nitrogens is 1. The Kier molecular flexibility index (Phi) is 5.09. The molecule has 1 amide bonds. The van der Waals surface area contributed by atoms with Crippen molar-refractivity contribution in [2.75, 3.05) is 12.4 Å². The van der Waals surface area contributed by atoms with Gasteiger partial charge in [-0.05, 0) is 48.9 Å². The van der Waals surface area contributed by atoms with Crippen molar-refractivity contribution in [2.24, 2.45) is 0 Å². The zero-order valence-electron chi connectivity index (χ0n) is 13.9. The van der Waals surface area contributed by atoms with Crippen molar-refractivity contribution in [1.29, 1.82) is 0 Å². The molecule has 0 saturated heterocycles. The number of nitrogens with zero attached hydrogens (tertiary/aromatic N) is 1. The first-order valence-electron chi connectivity index (χ1n) is 7.71. The number of methoxy groups -OCH3 is 1. The van der Waals surface area contributed by atoms with Gasteiger partial charge in [0.25, 0.3) is 0 Å². The fourth-order valence-corrected chi connectivity index (χ4v) is 3.27. The zero-order chi connectivity index (χ0) is 17.8. The highest BCUT2D eigenvalue weighted by Gasteiger charge is 2.12. The Balaban J connectivity index is 1.71. The fraction of sp³-hybridized carbons (Fsp3) is 0.158. The average Bonchev–Trinajstić information content (AvgIpc) is 2.97. The Morgan fingerprint density at radius 2 is 1.84 bits per heavy atom. The summed E-state index contributed by atoms with van der Waals surface area (Å²) in [7, 11) is 1.62. The van der Waals surface area contributed by atoms with Gasteiger partial charge in [-0.25, -0.2) is 9.37 Å². The number of hydrogen-bond donors (Lipinski definition) is 1. The van der Waals surface area contributed by atoms with Gasteiger partial charge in [-0.3, -0.25) is 4.79 Å². The molecule has 1 heterocycles. The second-order valence-electron chi connectivity index (χ2n) is 5.50. The first-order chi connectivity index (χ1) is 12.0. The number of nitrogens with one attached hydrogen (secondary N) is 1. The van der Waals surface area contributed by atoms with E-state index in [4.69, 9.17) is 4.74 Å². The van der Waals surface area contributed by atoms with Gasteiger partial charge < -0.3 is 10.1 Å². The van der Waals surface area contributed by atoms with E-state index in [1.54, 1.807) is 19.2 Å². The minimum absolute atomic E-state index is 0.177. The Morgan fingerprint density at radius 1 is 1.16 bits per heavy atom. The summed E-state index contributed by atoms with van der Waals surface area (Å²) in [5.41, 5.74) is 2.56. The molecule has 2 aromatic carbocycles. The summed E-state index contributed by atoms with van der Waals surface area (Å²) in [6.07, 6.45) is 0.177. The molecule has 0 aliphatic rings. The number of ether oxygens (including phenoxy) is 1. The topological polar surface area (TPSA) is 51.2 Å². The van der Waals surface area contributed by atoms with E-state index in [-0.39, 0.29) is 18.1 Å². The van der Waals surface area contributed by atoms with Gasteiger partial charge in [-0.2, -0.15) is 0 Å². The van der Waals surface area contributed by atoms with Crippen molar-refractivity contribution in [3.05, 3.63) is 64.8 Å². The second-order valence-corrected chi connectivity index (χ2v) is 6.71. The van der Waals surface area contributed by atoms with Crippen molar-refractivity contribution in [3.8, 4) is 17.0 Å². The van der Waals surface area contributed by atoms with Crippen molar-refractivity contribution < 1.29 is 13.9 Å². The molecule has 0 aliphatic heterocycles. The van der Waals surface area contributed by atoms with Crippen molar-refractivity contribution in [3.63, 3.8) is 0 Å². The molecule has 0 atom stereocenters. The summed E-state index contributed by atoms with van der Waals surface area (Å²) in [5.74, 6) is 0.287. The Morgan fingerprint density at radius 3 is 2.48 bits per heavy atom. The maximum Gasteiger partial charge on any atom is 0.230 e. The number of hydrogen-bond acceptors (Lipinski definition) is 4. The number of benzene rings is 2. The summed E-state index contributed by atoms with van der Waals surface area (Å²) in [4.78, 5) is 17.7. The van der Waals surface area contributed by atoms with Crippen LogP contribution < -0.4 is 10.1 Å². The number of rotatable bonds is 5. The Hall–Kier alpha value is -2.73. The smallest absolute Gasteiger partial charge is 0.230 e. The minimum atomic E-state index is -0.316. The third-order valence-corrected chi connectivity index (χ3v) is 4.57. The largest absolute Gasteiger partial charge is 0.497 e. The standard InChI is InChI=1S/C19H17FN2O2S/c1-12-18(14-5-9-16(24-2)10-6-14)22-19(25-12)21-17(23)11-13-3-7-15(20)8-4-13/h3-10H,11H2,1-2H3,(H,21,22,23). The molecule has 0 fully saturated rings. The maximum absolute atomic E-state index is 12.9. The van der Waals surface area contributed by atoms with E-state index in [2.05, 4.69) is 10.3 Å². The van der Waals surface area contributed by atoms with Crippen LogP contribution in [0.1, 0.15) is 10.4 Å². The molecular weight excluding hydrogens is 339 g/mol. The van der Waals surface area contributed by atoms with E-state index in [9.17, 15) is 9.18 Å². The normalized spacial score (nSPS) is 10.5. The number of anilines is 1. The number of amides is 1. The summed E-state index contributed by atoms with van der Waals surface area (Å²) in [5, 5.41) is 3.36. The van der Waals surface area contributed by atoms with E-state index < -0.39 is 0 Å².